The summed E-state index contributed by atoms with van der Waals surface area (Å²) in [4.78, 5) is 13.4. The van der Waals surface area contributed by atoms with Gasteiger partial charge in [0.2, 0.25) is 0 Å². The van der Waals surface area contributed by atoms with Crippen molar-refractivity contribution in [1.29, 1.82) is 0 Å². The number of anilines is 1. The molecule has 4 rings (SSSR count). The Morgan fingerprint density at radius 3 is 2.46 bits per heavy atom. The molecule has 0 aliphatic heterocycles. The molecule has 0 aliphatic rings. The Hall–Kier alpha value is -3.51. The highest BCUT2D eigenvalue weighted by atomic mass is 79.9. The zero-order valence-corrected chi connectivity index (χ0v) is 20.0. The summed E-state index contributed by atoms with van der Waals surface area (Å²) in [6, 6.07) is 12.0. The fourth-order valence-electron chi connectivity index (χ4n) is 3.37. The van der Waals surface area contributed by atoms with Crippen molar-refractivity contribution >= 4 is 21.6 Å². The smallest absolute Gasteiger partial charge is 0.378 e. The molecule has 0 saturated heterocycles. The van der Waals surface area contributed by atoms with Crippen molar-refractivity contribution < 1.29 is 17.9 Å². The molecule has 0 amide bonds. The van der Waals surface area contributed by atoms with Crippen molar-refractivity contribution in [3.05, 3.63) is 92.6 Å². The molecule has 12 heteroatoms. The predicted molar refractivity (Wildman–Crippen MR) is 127 cm³/mol. The molecule has 2 heterocycles. The number of methoxy groups -OCH3 is 1. The van der Waals surface area contributed by atoms with Crippen molar-refractivity contribution in [1.82, 2.24) is 24.8 Å². The van der Waals surface area contributed by atoms with E-state index in [1.54, 1.807) is 6.20 Å². The maximum absolute atomic E-state index is 13.4. The maximum atomic E-state index is 13.4. The van der Waals surface area contributed by atoms with Crippen LogP contribution in [0.15, 0.2) is 70.2 Å². The van der Waals surface area contributed by atoms with Gasteiger partial charge in [-0.2, -0.15) is 23.0 Å². The molecule has 1 N–H and O–H groups in total. The standard InChI is InChI=1S/C23H20BrF3N6O2/c1-35-14-18-13-32(31-30-18)20-12-29-33(19-8-4-16(5-9-19)23(25,26)27)22(34)21(20)28-11-10-15-2-6-17(24)7-3-15/h2-9,12-13,28H,10-11,14H2,1H3. The summed E-state index contributed by atoms with van der Waals surface area (Å²) >= 11 is 3.40. The van der Waals surface area contributed by atoms with Gasteiger partial charge in [0.05, 0.1) is 30.3 Å². The first-order chi connectivity index (χ1) is 16.8. The van der Waals surface area contributed by atoms with E-state index in [0.29, 0.717) is 24.3 Å². The van der Waals surface area contributed by atoms with E-state index < -0.39 is 17.3 Å². The van der Waals surface area contributed by atoms with Crippen LogP contribution in [0.1, 0.15) is 16.8 Å². The fourth-order valence-corrected chi connectivity index (χ4v) is 3.64. The average molecular weight is 549 g/mol. The Kier molecular flexibility index (Phi) is 7.31. The van der Waals surface area contributed by atoms with Crippen LogP contribution in [0.25, 0.3) is 11.4 Å². The van der Waals surface area contributed by atoms with Crippen molar-refractivity contribution in [3.63, 3.8) is 0 Å². The van der Waals surface area contributed by atoms with Gasteiger partial charge in [-0.15, -0.1) is 5.10 Å². The molecule has 0 radical (unpaired) electrons. The zero-order chi connectivity index (χ0) is 25.0. The van der Waals surface area contributed by atoms with Crippen LogP contribution < -0.4 is 10.9 Å². The molecule has 0 aliphatic carbocycles. The Bertz CT molecular complexity index is 1350. The van der Waals surface area contributed by atoms with Gasteiger partial charge in [0, 0.05) is 18.1 Å². The molecule has 182 valence electrons. The first-order valence-electron chi connectivity index (χ1n) is 10.4. The topological polar surface area (TPSA) is 86.9 Å². The van der Waals surface area contributed by atoms with Gasteiger partial charge in [0.25, 0.3) is 5.56 Å². The lowest BCUT2D eigenvalue weighted by molar-refractivity contribution is -0.137. The third kappa shape index (κ3) is 5.77. The minimum Gasteiger partial charge on any atom is -0.378 e. The van der Waals surface area contributed by atoms with Gasteiger partial charge in [-0.25, -0.2) is 4.68 Å². The normalized spacial score (nSPS) is 11.6. The lowest BCUT2D eigenvalue weighted by atomic mass is 10.1. The molecule has 0 fully saturated rings. The maximum Gasteiger partial charge on any atom is 0.416 e. The van der Waals surface area contributed by atoms with E-state index in [2.05, 4.69) is 36.7 Å². The van der Waals surface area contributed by atoms with Crippen LogP contribution in [0.4, 0.5) is 18.9 Å². The van der Waals surface area contributed by atoms with E-state index in [0.717, 1.165) is 26.9 Å². The van der Waals surface area contributed by atoms with Crippen molar-refractivity contribution in [2.24, 2.45) is 0 Å². The van der Waals surface area contributed by atoms with E-state index in [1.807, 2.05) is 24.3 Å². The van der Waals surface area contributed by atoms with E-state index in [9.17, 15) is 18.0 Å². The number of rotatable bonds is 8. The van der Waals surface area contributed by atoms with E-state index >= 15 is 0 Å². The van der Waals surface area contributed by atoms with Crippen LogP contribution in [-0.2, 0) is 23.9 Å². The highest BCUT2D eigenvalue weighted by molar-refractivity contribution is 9.10. The molecular weight excluding hydrogens is 529 g/mol. The molecule has 2 aromatic heterocycles. The second-order valence-electron chi connectivity index (χ2n) is 7.56. The summed E-state index contributed by atoms with van der Waals surface area (Å²) in [7, 11) is 1.53. The lowest BCUT2D eigenvalue weighted by Gasteiger charge is -2.14. The Labute approximate surface area is 206 Å². The third-order valence-electron chi connectivity index (χ3n) is 5.11. The van der Waals surface area contributed by atoms with Crippen molar-refractivity contribution in [3.8, 4) is 11.4 Å². The summed E-state index contributed by atoms with van der Waals surface area (Å²) in [5, 5.41) is 15.4. The van der Waals surface area contributed by atoms with Crippen molar-refractivity contribution in [2.45, 2.75) is 19.2 Å². The van der Waals surface area contributed by atoms with Crippen LogP contribution in [0, 0.1) is 0 Å². The van der Waals surface area contributed by atoms with Crippen LogP contribution >= 0.6 is 15.9 Å². The van der Waals surface area contributed by atoms with Gasteiger partial charge in [-0.3, -0.25) is 4.79 Å². The highest BCUT2D eigenvalue weighted by Crippen LogP contribution is 2.29. The van der Waals surface area contributed by atoms with Gasteiger partial charge < -0.3 is 10.1 Å². The fraction of sp³-hybridized carbons (Fsp3) is 0.217. The van der Waals surface area contributed by atoms with Gasteiger partial charge >= 0.3 is 6.18 Å². The Morgan fingerprint density at radius 2 is 1.80 bits per heavy atom. The van der Waals surface area contributed by atoms with E-state index in [4.69, 9.17) is 4.74 Å². The minimum absolute atomic E-state index is 0.186. The van der Waals surface area contributed by atoms with Gasteiger partial charge in [0.1, 0.15) is 17.1 Å². The highest BCUT2D eigenvalue weighted by Gasteiger charge is 2.30. The van der Waals surface area contributed by atoms with E-state index in [1.165, 1.54) is 30.1 Å². The summed E-state index contributed by atoms with van der Waals surface area (Å²) in [6.45, 7) is 0.656. The number of benzene rings is 2. The Balaban J connectivity index is 1.68. The van der Waals surface area contributed by atoms with Gasteiger partial charge in [-0.1, -0.05) is 33.3 Å². The molecule has 0 atom stereocenters. The Morgan fingerprint density at radius 1 is 1.09 bits per heavy atom. The molecule has 0 bridgehead atoms. The monoisotopic (exact) mass is 548 g/mol. The summed E-state index contributed by atoms with van der Waals surface area (Å²) in [6.07, 6.45) is -0.830. The summed E-state index contributed by atoms with van der Waals surface area (Å²) in [5.41, 5.74) is 0.996. The first kappa shape index (κ1) is 24.6. The molecule has 8 nitrogen and oxygen atoms in total. The SMILES string of the molecule is COCc1cn(-c2cnn(-c3ccc(C(F)(F)F)cc3)c(=O)c2NCCc2ccc(Br)cc2)nn1. The minimum atomic E-state index is -4.48. The summed E-state index contributed by atoms with van der Waals surface area (Å²) < 4.78 is 47.3. The van der Waals surface area contributed by atoms with Crippen LogP contribution in [0.2, 0.25) is 0 Å². The summed E-state index contributed by atoms with van der Waals surface area (Å²) in [5.74, 6) is 0. The number of hydrogen-bond acceptors (Lipinski definition) is 6. The van der Waals surface area contributed by atoms with Crippen molar-refractivity contribution in [2.75, 3.05) is 19.0 Å². The van der Waals surface area contributed by atoms with E-state index in [-0.39, 0.29) is 18.0 Å². The molecule has 0 spiro atoms. The first-order valence-corrected chi connectivity index (χ1v) is 11.2. The number of aromatic nitrogens is 5. The molecule has 0 saturated carbocycles. The van der Waals surface area contributed by atoms with Crippen LogP contribution in [-0.4, -0.2) is 38.4 Å². The third-order valence-corrected chi connectivity index (χ3v) is 5.63. The predicted octanol–water partition coefficient (Wildman–Crippen LogP) is 4.40. The van der Waals surface area contributed by atoms with Crippen LogP contribution in [0.5, 0.6) is 0 Å². The largest absolute Gasteiger partial charge is 0.416 e. The average Bonchev–Trinajstić information content (AvgIpc) is 3.29. The molecule has 35 heavy (non-hydrogen) atoms. The van der Waals surface area contributed by atoms with Gasteiger partial charge in [0.15, 0.2) is 0 Å². The lowest BCUT2D eigenvalue weighted by Crippen LogP contribution is -2.27. The number of nitrogens with one attached hydrogen (secondary N) is 1. The number of ether oxygens (including phenoxy) is 1. The van der Waals surface area contributed by atoms with Gasteiger partial charge in [-0.05, 0) is 48.4 Å². The molecular formula is C23H20BrF3N6O2. The number of hydrogen-bond donors (Lipinski definition) is 1. The van der Waals surface area contributed by atoms with Crippen LogP contribution in [0.3, 0.4) is 0 Å². The number of nitrogens with zero attached hydrogens (tertiary/aromatic N) is 5. The number of alkyl halides is 3. The quantitative estimate of drug-likeness (QED) is 0.351. The number of halogens is 4. The molecule has 2 aromatic carbocycles. The zero-order valence-electron chi connectivity index (χ0n) is 18.5. The molecule has 0 unspecified atom stereocenters. The second kappa shape index (κ2) is 10.4. The second-order valence-corrected chi connectivity index (χ2v) is 8.47. The molecule has 4 aromatic rings.